The van der Waals surface area contributed by atoms with Crippen LogP contribution in [0, 0.1) is 19.8 Å². The van der Waals surface area contributed by atoms with Crippen LogP contribution < -0.4 is 0 Å². The Labute approximate surface area is 111 Å². The van der Waals surface area contributed by atoms with E-state index in [0.29, 0.717) is 18.1 Å². The van der Waals surface area contributed by atoms with Gasteiger partial charge in [-0.1, -0.05) is 26.7 Å². The van der Waals surface area contributed by atoms with Crippen molar-refractivity contribution in [3.63, 3.8) is 0 Å². The predicted octanol–water partition coefficient (Wildman–Crippen LogP) is 3.36. The fourth-order valence-corrected chi connectivity index (χ4v) is 2.53. The minimum Gasteiger partial charge on any atom is -0.300 e. The fraction of sp³-hybridized carbons (Fsp3) is 0.733. The molecule has 3 heteroatoms. The van der Waals surface area contributed by atoms with Crippen molar-refractivity contribution in [3.8, 4) is 0 Å². The molecule has 1 atom stereocenters. The second-order valence-electron chi connectivity index (χ2n) is 5.41. The van der Waals surface area contributed by atoms with Gasteiger partial charge in [0, 0.05) is 25.6 Å². The minimum atomic E-state index is 0.388. The quantitative estimate of drug-likeness (QED) is 0.743. The summed E-state index contributed by atoms with van der Waals surface area (Å²) >= 11 is 0. The smallest absolute Gasteiger partial charge is 0.133 e. The van der Waals surface area contributed by atoms with E-state index in [2.05, 4.69) is 25.9 Å². The lowest BCUT2D eigenvalue weighted by atomic mass is 9.96. The molecule has 1 aromatic heterocycles. The molecule has 0 saturated heterocycles. The summed E-state index contributed by atoms with van der Waals surface area (Å²) < 4.78 is 1.90. The van der Waals surface area contributed by atoms with Gasteiger partial charge in [0.25, 0.3) is 0 Å². The number of hydrogen-bond donors (Lipinski definition) is 0. The van der Waals surface area contributed by atoms with Gasteiger partial charge in [0.15, 0.2) is 0 Å². The number of ketones is 1. The topological polar surface area (TPSA) is 34.9 Å². The Bertz CT molecular complexity index is 407. The van der Waals surface area contributed by atoms with E-state index < -0.39 is 0 Å². The standard InChI is InChI=1S/C15H26N2O/c1-6-7-11(2)10-14(18)8-9-15-12(3)16-17(5)13(15)4/h11H,6-10H2,1-5H3. The Morgan fingerprint density at radius 2 is 2.06 bits per heavy atom. The Hall–Kier alpha value is -1.12. The van der Waals surface area contributed by atoms with Gasteiger partial charge in [-0.05, 0) is 31.7 Å². The van der Waals surface area contributed by atoms with E-state index in [4.69, 9.17) is 0 Å². The molecule has 0 aliphatic rings. The molecule has 0 spiro atoms. The Balaban J connectivity index is 2.47. The predicted molar refractivity (Wildman–Crippen MR) is 74.7 cm³/mol. The summed E-state index contributed by atoms with van der Waals surface area (Å²) in [6.45, 7) is 8.43. The summed E-state index contributed by atoms with van der Waals surface area (Å²) in [6.07, 6.45) is 4.53. The number of aryl methyl sites for hydroxylation is 2. The number of aromatic nitrogens is 2. The molecule has 0 bridgehead atoms. The fourth-order valence-electron chi connectivity index (χ4n) is 2.53. The lowest BCUT2D eigenvalue weighted by Gasteiger charge is -2.08. The maximum Gasteiger partial charge on any atom is 0.133 e. The first-order valence-electron chi connectivity index (χ1n) is 6.96. The van der Waals surface area contributed by atoms with E-state index in [0.717, 1.165) is 31.4 Å². The first-order chi connectivity index (χ1) is 8.45. The van der Waals surface area contributed by atoms with Gasteiger partial charge in [-0.15, -0.1) is 0 Å². The molecule has 0 aromatic carbocycles. The molecule has 0 amide bonds. The second-order valence-corrected chi connectivity index (χ2v) is 5.41. The van der Waals surface area contributed by atoms with Crippen LogP contribution in [0.25, 0.3) is 0 Å². The molecule has 1 aromatic rings. The summed E-state index contributed by atoms with van der Waals surface area (Å²) in [5.74, 6) is 0.914. The van der Waals surface area contributed by atoms with Gasteiger partial charge in [-0.3, -0.25) is 9.48 Å². The molecular formula is C15H26N2O. The summed E-state index contributed by atoms with van der Waals surface area (Å²) in [6, 6.07) is 0. The minimum absolute atomic E-state index is 0.388. The molecule has 1 unspecified atom stereocenters. The summed E-state index contributed by atoms with van der Waals surface area (Å²) in [5.41, 5.74) is 3.49. The monoisotopic (exact) mass is 250 g/mol. The molecule has 3 nitrogen and oxygen atoms in total. The van der Waals surface area contributed by atoms with E-state index in [9.17, 15) is 4.79 Å². The van der Waals surface area contributed by atoms with Gasteiger partial charge in [-0.25, -0.2) is 0 Å². The summed E-state index contributed by atoms with van der Waals surface area (Å²) in [5, 5.41) is 4.38. The molecule has 102 valence electrons. The average molecular weight is 250 g/mol. The summed E-state index contributed by atoms with van der Waals surface area (Å²) in [4.78, 5) is 11.9. The molecule has 0 aliphatic heterocycles. The van der Waals surface area contributed by atoms with Gasteiger partial charge in [0.1, 0.15) is 5.78 Å². The highest BCUT2D eigenvalue weighted by atomic mass is 16.1. The van der Waals surface area contributed by atoms with Crippen LogP contribution in [-0.4, -0.2) is 15.6 Å². The first kappa shape index (κ1) is 14.9. The third kappa shape index (κ3) is 3.97. The number of nitrogens with zero attached hydrogens (tertiary/aromatic N) is 2. The molecular weight excluding hydrogens is 224 g/mol. The van der Waals surface area contributed by atoms with Crippen LogP contribution in [0.4, 0.5) is 0 Å². The van der Waals surface area contributed by atoms with Crippen molar-refractivity contribution in [2.24, 2.45) is 13.0 Å². The zero-order valence-electron chi connectivity index (χ0n) is 12.4. The van der Waals surface area contributed by atoms with Crippen molar-refractivity contribution >= 4 is 5.78 Å². The average Bonchev–Trinajstić information content (AvgIpc) is 2.51. The van der Waals surface area contributed by atoms with Crippen LogP contribution in [0.5, 0.6) is 0 Å². The Kier molecular flexibility index (Phi) is 5.57. The molecule has 0 radical (unpaired) electrons. The number of carbonyl (C=O) groups excluding carboxylic acids is 1. The number of rotatable bonds is 7. The lowest BCUT2D eigenvalue weighted by molar-refractivity contribution is -0.119. The largest absolute Gasteiger partial charge is 0.300 e. The van der Waals surface area contributed by atoms with Crippen LogP contribution >= 0.6 is 0 Å². The van der Waals surface area contributed by atoms with Gasteiger partial charge in [0.2, 0.25) is 0 Å². The normalized spacial score (nSPS) is 12.7. The van der Waals surface area contributed by atoms with Crippen molar-refractivity contribution in [2.45, 2.75) is 59.8 Å². The molecule has 0 fully saturated rings. The highest BCUT2D eigenvalue weighted by Crippen LogP contribution is 2.16. The van der Waals surface area contributed by atoms with Crippen molar-refractivity contribution < 1.29 is 4.79 Å². The molecule has 0 N–H and O–H groups in total. The summed E-state index contributed by atoms with van der Waals surface area (Å²) in [7, 11) is 1.96. The molecule has 0 saturated carbocycles. The molecule has 18 heavy (non-hydrogen) atoms. The van der Waals surface area contributed by atoms with Gasteiger partial charge < -0.3 is 0 Å². The van der Waals surface area contributed by atoms with Gasteiger partial charge >= 0.3 is 0 Å². The highest BCUT2D eigenvalue weighted by Gasteiger charge is 2.13. The maximum atomic E-state index is 11.9. The molecule has 1 heterocycles. The third-order valence-electron chi connectivity index (χ3n) is 3.67. The van der Waals surface area contributed by atoms with Crippen LogP contribution in [-0.2, 0) is 18.3 Å². The third-order valence-corrected chi connectivity index (χ3v) is 3.67. The van der Waals surface area contributed by atoms with E-state index in [-0.39, 0.29) is 0 Å². The van der Waals surface area contributed by atoms with Crippen LogP contribution in [0.2, 0.25) is 0 Å². The first-order valence-corrected chi connectivity index (χ1v) is 6.96. The van der Waals surface area contributed by atoms with Crippen molar-refractivity contribution in [2.75, 3.05) is 0 Å². The lowest BCUT2D eigenvalue weighted by Crippen LogP contribution is -2.07. The molecule has 1 rings (SSSR count). The second kappa shape index (κ2) is 6.72. The number of carbonyl (C=O) groups is 1. The van der Waals surface area contributed by atoms with E-state index in [1.54, 1.807) is 0 Å². The van der Waals surface area contributed by atoms with E-state index in [1.807, 2.05) is 18.7 Å². The SMILES string of the molecule is CCCC(C)CC(=O)CCc1c(C)nn(C)c1C. The van der Waals surface area contributed by atoms with Gasteiger partial charge in [-0.2, -0.15) is 5.10 Å². The van der Waals surface area contributed by atoms with E-state index in [1.165, 1.54) is 11.3 Å². The van der Waals surface area contributed by atoms with E-state index >= 15 is 0 Å². The van der Waals surface area contributed by atoms with Crippen molar-refractivity contribution in [1.29, 1.82) is 0 Å². The maximum absolute atomic E-state index is 11.9. The van der Waals surface area contributed by atoms with Crippen LogP contribution in [0.1, 0.15) is 56.5 Å². The van der Waals surface area contributed by atoms with Gasteiger partial charge in [0.05, 0.1) is 5.69 Å². The number of Topliss-reactive ketones (excluding diaryl/α,β-unsaturated/α-hetero) is 1. The number of hydrogen-bond acceptors (Lipinski definition) is 2. The Morgan fingerprint density at radius 3 is 2.56 bits per heavy atom. The highest BCUT2D eigenvalue weighted by molar-refractivity contribution is 5.78. The van der Waals surface area contributed by atoms with Crippen molar-refractivity contribution in [1.82, 2.24) is 9.78 Å². The zero-order valence-corrected chi connectivity index (χ0v) is 12.4. The Morgan fingerprint density at radius 1 is 1.39 bits per heavy atom. The van der Waals surface area contributed by atoms with Crippen molar-refractivity contribution in [3.05, 3.63) is 17.0 Å². The zero-order chi connectivity index (χ0) is 13.7. The van der Waals surface area contributed by atoms with Crippen LogP contribution in [0.15, 0.2) is 0 Å². The van der Waals surface area contributed by atoms with Crippen LogP contribution in [0.3, 0.4) is 0 Å². The molecule has 0 aliphatic carbocycles.